The number of piperidine rings is 1. The number of rotatable bonds is 5. The Morgan fingerprint density at radius 2 is 2.28 bits per heavy atom. The maximum Gasteiger partial charge on any atom is 0.231 e. The molecule has 1 aliphatic rings. The van der Waals surface area contributed by atoms with Crippen LogP contribution in [0.3, 0.4) is 0 Å². The van der Waals surface area contributed by atoms with Crippen molar-refractivity contribution < 1.29 is 4.79 Å². The van der Waals surface area contributed by atoms with Crippen LogP contribution < -0.4 is 11.1 Å². The molecular formula is C10H19N7O. The zero-order chi connectivity index (χ0) is 13.0. The number of primary amides is 1. The van der Waals surface area contributed by atoms with E-state index in [0.29, 0.717) is 18.4 Å². The summed E-state index contributed by atoms with van der Waals surface area (Å²) in [6.45, 7) is 2.69. The Morgan fingerprint density at radius 3 is 2.83 bits per heavy atom. The van der Waals surface area contributed by atoms with Crippen LogP contribution in [0.1, 0.15) is 18.7 Å². The monoisotopic (exact) mass is 253 g/mol. The number of carbonyl (C=O) groups excluding carboxylic acids is 1. The van der Waals surface area contributed by atoms with Crippen LogP contribution in [0.2, 0.25) is 0 Å². The van der Waals surface area contributed by atoms with Gasteiger partial charge in [0.1, 0.15) is 0 Å². The van der Waals surface area contributed by atoms with E-state index in [4.69, 9.17) is 5.73 Å². The van der Waals surface area contributed by atoms with Crippen molar-refractivity contribution >= 4 is 5.91 Å². The number of aromatic nitrogens is 4. The van der Waals surface area contributed by atoms with Gasteiger partial charge in [-0.15, -0.1) is 10.2 Å². The highest BCUT2D eigenvalue weighted by atomic mass is 16.1. The summed E-state index contributed by atoms with van der Waals surface area (Å²) < 4.78 is 0. The van der Waals surface area contributed by atoms with E-state index in [1.54, 1.807) is 7.05 Å². The van der Waals surface area contributed by atoms with Crippen molar-refractivity contribution in [1.82, 2.24) is 30.4 Å². The molecule has 0 unspecified atom stereocenters. The topological polar surface area (TPSA) is 102 Å². The molecule has 0 aromatic carbocycles. The summed E-state index contributed by atoms with van der Waals surface area (Å²) in [5.74, 6) is 0.301. The molecule has 1 aromatic heterocycles. The highest BCUT2D eigenvalue weighted by Gasteiger charge is 2.23. The van der Waals surface area contributed by atoms with E-state index in [9.17, 15) is 4.79 Å². The van der Waals surface area contributed by atoms with Crippen molar-refractivity contribution in [3.63, 3.8) is 0 Å². The summed E-state index contributed by atoms with van der Waals surface area (Å²) in [5, 5.41) is 15.2. The van der Waals surface area contributed by atoms with Gasteiger partial charge < -0.3 is 11.1 Å². The third kappa shape index (κ3) is 3.47. The quantitative estimate of drug-likeness (QED) is 0.645. The Bertz CT molecular complexity index is 399. The van der Waals surface area contributed by atoms with Gasteiger partial charge in [0.25, 0.3) is 0 Å². The summed E-state index contributed by atoms with van der Waals surface area (Å²) in [7, 11) is 1.72. The van der Waals surface area contributed by atoms with Crippen molar-refractivity contribution in [3.8, 4) is 0 Å². The average molecular weight is 253 g/mol. The number of hydrogen-bond acceptors (Lipinski definition) is 6. The molecule has 0 saturated carbocycles. The fourth-order valence-electron chi connectivity index (χ4n) is 2.25. The Kier molecular flexibility index (Phi) is 4.21. The van der Waals surface area contributed by atoms with Gasteiger partial charge in [0.15, 0.2) is 5.82 Å². The Balaban J connectivity index is 2.01. The number of aryl methyl sites for hydroxylation is 1. The standard InChI is InChI=1S/C10H19N7O/c1-16-14-10(13-15-16)7-17(6-9(11)18)8-2-4-12-5-3-8/h8,12H,2-7H2,1H3,(H2,11,18). The van der Waals surface area contributed by atoms with E-state index in [0.717, 1.165) is 25.9 Å². The summed E-state index contributed by atoms with van der Waals surface area (Å²) >= 11 is 0. The molecule has 1 aromatic rings. The maximum absolute atomic E-state index is 11.2. The minimum atomic E-state index is -0.322. The molecule has 0 atom stereocenters. The second kappa shape index (κ2) is 5.87. The highest BCUT2D eigenvalue weighted by Crippen LogP contribution is 2.13. The molecule has 2 rings (SSSR count). The van der Waals surface area contributed by atoms with Gasteiger partial charge in [0.05, 0.1) is 20.1 Å². The minimum absolute atomic E-state index is 0.239. The summed E-state index contributed by atoms with van der Waals surface area (Å²) in [6, 6.07) is 0.350. The predicted octanol–water partition coefficient (Wildman–Crippen LogP) is -1.75. The van der Waals surface area contributed by atoms with Crippen LogP contribution in [0.5, 0.6) is 0 Å². The number of tetrazole rings is 1. The Labute approximate surface area is 106 Å². The molecule has 18 heavy (non-hydrogen) atoms. The first-order valence-electron chi connectivity index (χ1n) is 6.11. The fourth-order valence-corrected chi connectivity index (χ4v) is 2.25. The summed E-state index contributed by atoms with van der Waals surface area (Å²) in [5.41, 5.74) is 5.30. The van der Waals surface area contributed by atoms with Crippen LogP contribution in [0.15, 0.2) is 0 Å². The fraction of sp³-hybridized carbons (Fsp3) is 0.800. The number of hydrogen-bond donors (Lipinski definition) is 2. The van der Waals surface area contributed by atoms with E-state index in [1.165, 1.54) is 4.80 Å². The van der Waals surface area contributed by atoms with Gasteiger partial charge in [0, 0.05) is 6.04 Å². The first kappa shape index (κ1) is 12.9. The minimum Gasteiger partial charge on any atom is -0.369 e. The lowest BCUT2D eigenvalue weighted by Gasteiger charge is -2.32. The molecule has 1 fully saturated rings. The molecule has 0 spiro atoms. The summed E-state index contributed by atoms with van der Waals surface area (Å²) in [4.78, 5) is 14.6. The molecule has 100 valence electrons. The number of nitrogens with one attached hydrogen (secondary N) is 1. The van der Waals surface area contributed by atoms with Crippen LogP contribution in [0, 0.1) is 0 Å². The molecule has 2 heterocycles. The second-order valence-electron chi connectivity index (χ2n) is 4.55. The lowest BCUT2D eigenvalue weighted by Crippen LogP contribution is -2.46. The summed E-state index contributed by atoms with van der Waals surface area (Å²) in [6.07, 6.45) is 2.01. The van der Waals surface area contributed by atoms with Gasteiger partial charge in [-0.2, -0.15) is 4.80 Å². The van der Waals surface area contributed by atoms with E-state index >= 15 is 0 Å². The van der Waals surface area contributed by atoms with E-state index in [2.05, 4.69) is 20.7 Å². The number of nitrogens with zero attached hydrogens (tertiary/aromatic N) is 5. The van der Waals surface area contributed by atoms with Gasteiger partial charge in [-0.05, 0) is 31.1 Å². The molecule has 8 heteroatoms. The third-order valence-electron chi connectivity index (χ3n) is 3.08. The SMILES string of the molecule is Cn1nnc(CN(CC(N)=O)C2CCNCC2)n1. The molecule has 8 nitrogen and oxygen atoms in total. The van der Waals surface area contributed by atoms with E-state index < -0.39 is 0 Å². The molecule has 1 aliphatic heterocycles. The van der Waals surface area contributed by atoms with Crippen LogP contribution in [0.25, 0.3) is 0 Å². The smallest absolute Gasteiger partial charge is 0.231 e. The van der Waals surface area contributed by atoms with Gasteiger partial charge in [-0.25, -0.2) is 0 Å². The van der Waals surface area contributed by atoms with Crippen LogP contribution in [-0.4, -0.2) is 56.7 Å². The Hall–Kier alpha value is -1.54. The molecule has 1 saturated heterocycles. The zero-order valence-corrected chi connectivity index (χ0v) is 10.5. The van der Waals surface area contributed by atoms with Gasteiger partial charge in [-0.3, -0.25) is 9.69 Å². The number of nitrogens with two attached hydrogens (primary N) is 1. The third-order valence-corrected chi connectivity index (χ3v) is 3.08. The average Bonchev–Trinajstić information content (AvgIpc) is 2.75. The number of carbonyl (C=O) groups is 1. The van der Waals surface area contributed by atoms with Crippen LogP contribution in [-0.2, 0) is 18.4 Å². The lowest BCUT2D eigenvalue weighted by atomic mass is 10.0. The van der Waals surface area contributed by atoms with Crippen LogP contribution in [0.4, 0.5) is 0 Å². The van der Waals surface area contributed by atoms with Gasteiger partial charge in [0.2, 0.25) is 5.91 Å². The molecular weight excluding hydrogens is 234 g/mol. The van der Waals surface area contributed by atoms with E-state index in [-0.39, 0.29) is 12.5 Å². The predicted molar refractivity (Wildman–Crippen MR) is 64.3 cm³/mol. The van der Waals surface area contributed by atoms with Crippen molar-refractivity contribution in [2.75, 3.05) is 19.6 Å². The molecule has 1 amide bonds. The van der Waals surface area contributed by atoms with Crippen molar-refractivity contribution in [1.29, 1.82) is 0 Å². The van der Waals surface area contributed by atoms with Crippen LogP contribution >= 0.6 is 0 Å². The zero-order valence-electron chi connectivity index (χ0n) is 10.5. The van der Waals surface area contributed by atoms with E-state index in [1.807, 2.05) is 4.90 Å². The lowest BCUT2D eigenvalue weighted by molar-refractivity contribution is -0.120. The Morgan fingerprint density at radius 1 is 1.56 bits per heavy atom. The number of amides is 1. The molecule has 3 N–H and O–H groups in total. The van der Waals surface area contributed by atoms with Crippen molar-refractivity contribution in [2.45, 2.75) is 25.4 Å². The first-order chi connectivity index (χ1) is 8.65. The molecule has 0 bridgehead atoms. The van der Waals surface area contributed by atoms with Crippen molar-refractivity contribution in [2.24, 2.45) is 12.8 Å². The molecule has 0 radical (unpaired) electrons. The van der Waals surface area contributed by atoms with Gasteiger partial charge >= 0.3 is 0 Å². The van der Waals surface area contributed by atoms with Gasteiger partial charge in [-0.1, -0.05) is 0 Å². The van der Waals surface area contributed by atoms with Crippen molar-refractivity contribution in [3.05, 3.63) is 5.82 Å². The highest BCUT2D eigenvalue weighted by molar-refractivity contribution is 5.75. The normalized spacial score (nSPS) is 17.2. The second-order valence-corrected chi connectivity index (χ2v) is 4.55. The molecule has 0 aliphatic carbocycles. The first-order valence-corrected chi connectivity index (χ1v) is 6.11. The maximum atomic E-state index is 11.2. The largest absolute Gasteiger partial charge is 0.369 e.